The van der Waals surface area contributed by atoms with Crippen molar-refractivity contribution in [2.45, 2.75) is 52.1 Å². The summed E-state index contributed by atoms with van der Waals surface area (Å²) in [6.45, 7) is 8.22. The van der Waals surface area contributed by atoms with Crippen LogP contribution >= 0.6 is 0 Å². The van der Waals surface area contributed by atoms with Crippen molar-refractivity contribution in [1.82, 2.24) is 19.6 Å². The summed E-state index contributed by atoms with van der Waals surface area (Å²) in [4.78, 5) is 44.6. The van der Waals surface area contributed by atoms with Crippen LogP contribution in [-0.4, -0.2) is 56.9 Å². The highest BCUT2D eigenvalue weighted by Gasteiger charge is 2.32. The number of carbonyl (C=O) groups is 2. The summed E-state index contributed by atoms with van der Waals surface area (Å²) in [7, 11) is 1.58. The Kier molecular flexibility index (Phi) is 6.85. The molecule has 1 unspecified atom stereocenters. The van der Waals surface area contributed by atoms with E-state index in [1.165, 1.54) is 17.0 Å². The van der Waals surface area contributed by atoms with Gasteiger partial charge >= 0.3 is 6.09 Å². The number of piperidine rings is 1. The van der Waals surface area contributed by atoms with Crippen LogP contribution in [0.2, 0.25) is 0 Å². The molecule has 1 saturated heterocycles. The summed E-state index contributed by atoms with van der Waals surface area (Å²) < 4.78 is 17.1. The molecule has 0 radical (unpaired) electrons. The number of nitrogens with zero attached hydrogens (tertiary/aromatic N) is 4. The molecule has 2 aromatic rings. The number of likely N-dealkylation sites (tertiary alicyclic amines) is 1. The van der Waals surface area contributed by atoms with Crippen molar-refractivity contribution in [3.8, 4) is 5.75 Å². The van der Waals surface area contributed by atoms with Gasteiger partial charge in [-0.25, -0.2) is 9.78 Å². The number of carbonyl (C=O) groups excluding carboxylic acids is 2. The molecule has 174 valence electrons. The third-order valence-electron chi connectivity index (χ3n) is 4.92. The normalized spacial score (nSPS) is 16.5. The zero-order valence-electron chi connectivity index (χ0n) is 19.0. The van der Waals surface area contributed by atoms with Crippen molar-refractivity contribution in [2.75, 3.05) is 25.0 Å². The average molecular weight is 447 g/mol. The molecular weight excluding hydrogens is 418 g/mol. The predicted molar refractivity (Wildman–Crippen MR) is 115 cm³/mol. The van der Waals surface area contributed by atoms with Gasteiger partial charge < -0.3 is 24.2 Å². The van der Waals surface area contributed by atoms with Gasteiger partial charge in [-0.05, 0) is 40.5 Å². The number of amides is 2. The molecule has 11 heteroatoms. The molecule has 1 fully saturated rings. The molecule has 3 heterocycles. The zero-order valence-corrected chi connectivity index (χ0v) is 19.0. The van der Waals surface area contributed by atoms with Crippen LogP contribution in [0.1, 0.15) is 62.8 Å². The van der Waals surface area contributed by atoms with Gasteiger partial charge in [0, 0.05) is 26.1 Å². The van der Waals surface area contributed by atoms with Gasteiger partial charge in [-0.15, -0.1) is 0 Å². The zero-order chi connectivity index (χ0) is 23.5. The first kappa shape index (κ1) is 23.3. The molecule has 2 aromatic heterocycles. The van der Waals surface area contributed by atoms with E-state index in [0.29, 0.717) is 31.0 Å². The summed E-state index contributed by atoms with van der Waals surface area (Å²) in [6, 6.07) is 0. The van der Waals surface area contributed by atoms with Crippen molar-refractivity contribution in [3.63, 3.8) is 0 Å². The lowest BCUT2D eigenvalue weighted by molar-refractivity contribution is 0.0194. The number of aromatic nitrogens is 3. The number of anilines is 1. The first-order valence-electron chi connectivity index (χ1n) is 10.5. The topological polar surface area (TPSA) is 129 Å². The fourth-order valence-electron chi connectivity index (χ4n) is 3.53. The van der Waals surface area contributed by atoms with Crippen molar-refractivity contribution in [2.24, 2.45) is 7.05 Å². The minimum Gasteiger partial charge on any atom is -0.486 e. The molecule has 32 heavy (non-hydrogen) atoms. The largest absolute Gasteiger partial charge is 0.486 e. The smallest absolute Gasteiger partial charge is 0.410 e. The maximum absolute atomic E-state index is 13.0. The number of rotatable bonds is 5. The minimum atomic E-state index is -0.615. The lowest BCUT2D eigenvalue weighted by Gasteiger charge is -2.34. The van der Waals surface area contributed by atoms with Crippen LogP contribution in [-0.2, 0) is 11.8 Å². The molecule has 0 bridgehead atoms. The molecule has 0 aliphatic carbocycles. The quantitative estimate of drug-likeness (QED) is 0.740. The van der Waals surface area contributed by atoms with Gasteiger partial charge in [0.25, 0.3) is 11.5 Å². The SMILES string of the molecule is CCOc1c(C(=O)Nc2cnoc2)nc(C2CCCN(C(=O)OC(C)(C)C)C2)n(C)c1=O. The van der Waals surface area contributed by atoms with E-state index in [1.807, 2.05) is 20.8 Å². The van der Waals surface area contributed by atoms with E-state index in [1.54, 1.807) is 18.9 Å². The van der Waals surface area contributed by atoms with Crippen molar-refractivity contribution in [1.29, 1.82) is 0 Å². The van der Waals surface area contributed by atoms with E-state index < -0.39 is 23.2 Å². The van der Waals surface area contributed by atoms with Crippen LogP contribution in [0.5, 0.6) is 5.75 Å². The van der Waals surface area contributed by atoms with E-state index in [-0.39, 0.29) is 24.0 Å². The van der Waals surface area contributed by atoms with E-state index >= 15 is 0 Å². The predicted octanol–water partition coefficient (Wildman–Crippen LogP) is 2.53. The molecule has 11 nitrogen and oxygen atoms in total. The molecule has 0 saturated carbocycles. The molecule has 1 aliphatic heterocycles. The van der Waals surface area contributed by atoms with Crippen molar-refractivity contribution < 1.29 is 23.6 Å². The Hall–Kier alpha value is -3.37. The monoisotopic (exact) mass is 447 g/mol. The lowest BCUT2D eigenvalue weighted by Crippen LogP contribution is -2.43. The Bertz CT molecular complexity index is 1020. The highest BCUT2D eigenvalue weighted by atomic mass is 16.6. The van der Waals surface area contributed by atoms with Gasteiger partial charge in [0.15, 0.2) is 5.69 Å². The maximum Gasteiger partial charge on any atom is 0.410 e. The van der Waals surface area contributed by atoms with Gasteiger partial charge in [0.05, 0.1) is 12.8 Å². The molecule has 0 spiro atoms. The van der Waals surface area contributed by atoms with Crippen molar-refractivity contribution in [3.05, 3.63) is 34.3 Å². The highest BCUT2D eigenvalue weighted by Crippen LogP contribution is 2.27. The molecule has 1 N–H and O–H groups in total. The Balaban J connectivity index is 1.93. The third kappa shape index (κ3) is 5.27. The van der Waals surface area contributed by atoms with Crippen LogP contribution in [0.4, 0.5) is 10.5 Å². The van der Waals surface area contributed by atoms with Crippen LogP contribution in [0.15, 0.2) is 21.8 Å². The van der Waals surface area contributed by atoms with Crippen LogP contribution < -0.4 is 15.6 Å². The Morgan fingerprint density at radius 3 is 2.72 bits per heavy atom. The molecule has 1 atom stereocenters. The first-order chi connectivity index (χ1) is 15.1. The standard InChI is InChI=1S/C21H29N5O6/c1-6-30-16-15(18(27)23-14-10-22-31-12-14)24-17(25(5)19(16)28)13-8-7-9-26(11-13)20(29)32-21(2,3)4/h10,12-13H,6-9,11H2,1-5H3,(H,23,27). The number of ether oxygens (including phenoxy) is 2. The second-order valence-corrected chi connectivity index (χ2v) is 8.58. The third-order valence-corrected chi connectivity index (χ3v) is 4.92. The summed E-state index contributed by atoms with van der Waals surface area (Å²) >= 11 is 0. The molecule has 3 rings (SSSR count). The fourth-order valence-corrected chi connectivity index (χ4v) is 3.53. The van der Waals surface area contributed by atoms with Crippen LogP contribution in [0.3, 0.4) is 0 Å². The number of hydrogen-bond acceptors (Lipinski definition) is 8. The minimum absolute atomic E-state index is 0.124. The Morgan fingerprint density at radius 1 is 1.34 bits per heavy atom. The van der Waals surface area contributed by atoms with E-state index in [2.05, 4.69) is 15.5 Å². The van der Waals surface area contributed by atoms with Gasteiger partial charge in [-0.3, -0.25) is 14.2 Å². The summed E-state index contributed by atoms with van der Waals surface area (Å²) in [5.74, 6) is -0.586. The average Bonchev–Trinajstić information content (AvgIpc) is 3.23. The molecule has 2 amide bonds. The fraction of sp³-hybridized carbons (Fsp3) is 0.571. The lowest BCUT2D eigenvalue weighted by atomic mass is 9.97. The van der Waals surface area contributed by atoms with Crippen LogP contribution in [0, 0.1) is 0 Å². The second kappa shape index (κ2) is 9.41. The first-order valence-corrected chi connectivity index (χ1v) is 10.5. The Labute approximate surface area is 185 Å². The summed E-state index contributed by atoms with van der Waals surface area (Å²) in [5.41, 5.74) is -0.876. The maximum atomic E-state index is 13.0. The molecule has 1 aliphatic rings. The van der Waals surface area contributed by atoms with Gasteiger partial charge in [0.2, 0.25) is 5.75 Å². The van der Waals surface area contributed by atoms with Crippen molar-refractivity contribution >= 4 is 17.7 Å². The number of nitrogens with one attached hydrogen (secondary N) is 1. The van der Waals surface area contributed by atoms with Gasteiger partial charge in [0.1, 0.15) is 23.4 Å². The summed E-state index contributed by atoms with van der Waals surface area (Å²) in [5, 5.41) is 6.14. The van der Waals surface area contributed by atoms with Gasteiger partial charge in [-0.2, -0.15) is 0 Å². The second-order valence-electron chi connectivity index (χ2n) is 8.58. The van der Waals surface area contributed by atoms with E-state index in [4.69, 9.17) is 14.0 Å². The summed E-state index contributed by atoms with van der Waals surface area (Å²) in [6.07, 6.45) is 3.61. The van der Waals surface area contributed by atoms with E-state index in [0.717, 1.165) is 6.42 Å². The van der Waals surface area contributed by atoms with Gasteiger partial charge in [-0.1, -0.05) is 5.16 Å². The highest BCUT2D eigenvalue weighted by molar-refractivity contribution is 6.04. The van der Waals surface area contributed by atoms with Crippen LogP contribution in [0.25, 0.3) is 0 Å². The number of hydrogen-bond donors (Lipinski definition) is 1. The Morgan fingerprint density at radius 2 is 2.09 bits per heavy atom. The van der Waals surface area contributed by atoms with E-state index in [9.17, 15) is 14.4 Å². The molecular formula is C21H29N5O6. The molecule has 0 aromatic carbocycles.